The highest BCUT2D eigenvalue weighted by atomic mass is 35.5. The molecule has 6 nitrogen and oxygen atoms in total. The molecule has 0 saturated carbocycles. The lowest BCUT2D eigenvalue weighted by atomic mass is 9.90. The zero-order valence-corrected chi connectivity index (χ0v) is 18.4. The van der Waals surface area contributed by atoms with Crippen LogP contribution in [0.15, 0.2) is 78.9 Å². The van der Waals surface area contributed by atoms with Gasteiger partial charge in [-0.2, -0.15) is 0 Å². The van der Waals surface area contributed by atoms with Crippen molar-refractivity contribution in [2.75, 3.05) is 6.54 Å². The number of benzene rings is 3. The van der Waals surface area contributed by atoms with E-state index >= 15 is 0 Å². The fourth-order valence-electron chi connectivity index (χ4n) is 4.06. The summed E-state index contributed by atoms with van der Waals surface area (Å²) in [6.45, 7) is 0.178. The number of amides is 1. The topological polar surface area (TPSA) is 83.9 Å². The van der Waals surface area contributed by atoms with Gasteiger partial charge in [0.25, 0.3) is 0 Å². The molecule has 1 aliphatic rings. The molecule has 168 valence electrons. The molecule has 3 aromatic rings. The Hall–Kier alpha value is -3.64. The second-order valence-electron chi connectivity index (χ2n) is 7.86. The standard InChI is InChI=1S/C26H22ClNO5/c27-21-12-10-19(11-13-21)18-6-8-20(9-7-18)24(29)22-14-15-28(23(22)25(30)31)26(32)33-16-17-4-2-1-3-5-17/h1-13,22-23H,14-16H2,(H,30,31)/t22-,23?/m0/s1. The van der Waals surface area contributed by atoms with Gasteiger partial charge in [-0.05, 0) is 35.2 Å². The Kier molecular flexibility index (Phi) is 6.75. The predicted molar refractivity (Wildman–Crippen MR) is 124 cm³/mol. The monoisotopic (exact) mass is 463 g/mol. The predicted octanol–water partition coefficient (Wildman–Crippen LogP) is 5.30. The summed E-state index contributed by atoms with van der Waals surface area (Å²) in [6.07, 6.45) is -0.477. The van der Waals surface area contributed by atoms with Crippen molar-refractivity contribution in [2.24, 2.45) is 5.92 Å². The summed E-state index contributed by atoms with van der Waals surface area (Å²) in [5, 5.41) is 10.4. The Morgan fingerprint density at radius 3 is 2.12 bits per heavy atom. The lowest BCUT2D eigenvalue weighted by molar-refractivity contribution is -0.142. The second-order valence-corrected chi connectivity index (χ2v) is 8.30. The van der Waals surface area contributed by atoms with E-state index in [2.05, 4.69) is 0 Å². The average molecular weight is 464 g/mol. The van der Waals surface area contributed by atoms with Gasteiger partial charge in [0, 0.05) is 17.1 Å². The molecule has 0 bridgehead atoms. The lowest BCUT2D eigenvalue weighted by Gasteiger charge is -2.23. The number of nitrogens with zero attached hydrogens (tertiary/aromatic N) is 1. The van der Waals surface area contributed by atoms with Crippen molar-refractivity contribution in [3.63, 3.8) is 0 Å². The quantitative estimate of drug-likeness (QED) is 0.501. The molecule has 1 aliphatic heterocycles. The molecule has 33 heavy (non-hydrogen) atoms. The van der Waals surface area contributed by atoms with Gasteiger partial charge in [0.15, 0.2) is 5.78 Å². The number of carboxylic acids is 1. The van der Waals surface area contributed by atoms with Gasteiger partial charge in [-0.15, -0.1) is 0 Å². The number of ether oxygens (including phenoxy) is 1. The van der Waals surface area contributed by atoms with E-state index in [1.54, 1.807) is 24.3 Å². The highest BCUT2D eigenvalue weighted by molar-refractivity contribution is 6.30. The summed E-state index contributed by atoms with van der Waals surface area (Å²) < 4.78 is 5.30. The number of likely N-dealkylation sites (tertiary alicyclic amines) is 1. The first kappa shape index (κ1) is 22.6. The molecule has 7 heteroatoms. The highest BCUT2D eigenvalue weighted by Crippen LogP contribution is 2.30. The molecule has 3 aromatic carbocycles. The average Bonchev–Trinajstić information content (AvgIpc) is 3.29. The number of carboxylic acid groups (broad SMARTS) is 1. The fraction of sp³-hybridized carbons (Fsp3) is 0.192. The van der Waals surface area contributed by atoms with Crippen molar-refractivity contribution in [2.45, 2.75) is 19.1 Å². The van der Waals surface area contributed by atoms with Crippen molar-refractivity contribution in [3.8, 4) is 11.1 Å². The molecule has 1 saturated heterocycles. The molecule has 0 aromatic heterocycles. The molecule has 2 atom stereocenters. The number of carbonyl (C=O) groups is 3. The van der Waals surface area contributed by atoms with Crippen molar-refractivity contribution < 1.29 is 24.2 Å². The van der Waals surface area contributed by atoms with E-state index in [0.29, 0.717) is 10.6 Å². The Balaban J connectivity index is 1.46. The minimum absolute atomic E-state index is 0.0350. The molecule has 0 aliphatic carbocycles. The van der Waals surface area contributed by atoms with E-state index in [-0.39, 0.29) is 25.4 Å². The van der Waals surface area contributed by atoms with Crippen molar-refractivity contribution in [1.29, 1.82) is 0 Å². The maximum atomic E-state index is 13.1. The third-order valence-corrected chi connectivity index (χ3v) is 6.03. The van der Waals surface area contributed by atoms with Gasteiger partial charge < -0.3 is 9.84 Å². The zero-order chi connectivity index (χ0) is 23.4. The first-order valence-electron chi connectivity index (χ1n) is 10.5. The summed E-state index contributed by atoms with van der Waals surface area (Å²) in [7, 11) is 0. The largest absolute Gasteiger partial charge is 0.480 e. The first-order chi connectivity index (χ1) is 15.9. The minimum atomic E-state index is -1.27. The van der Waals surface area contributed by atoms with E-state index in [1.807, 2.05) is 54.6 Å². The van der Waals surface area contributed by atoms with Gasteiger partial charge in [0.2, 0.25) is 0 Å². The van der Waals surface area contributed by atoms with Crippen LogP contribution in [0.4, 0.5) is 4.79 Å². The Bertz CT molecular complexity index is 1150. The zero-order valence-electron chi connectivity index (χ0n) is 17.7. The van der Waals surface area contributed by atoms with Crippen LogP contribution >= 0.6 is 11.6 Å². The van der Waals surface area contributed by atoms with Gasteiger partial charge in [0.1, 0.15) is 12.6 Å². The number of aliphatic carboxylic acids is 1. The molecular formula is C26H22ClNO5. The highest BCUT2D eigenvalue weighted by Gasteiger charge is 2.46. The molecule has 1 heterocycles. The van der Waals surface area contributed by atoms with E-state index < -0.39 is 24.0 Å². The number of rotatable bonds is 6. The van der Waals surface area contributed by atoms with Gasteiger partial charge in [-0.3, -0.25) is 9.69 Å². The maximum absolute atomic E-state index is 13.1. The van der Waals surface area contributed by atoms with Crippen molar-refractivity contribution in [1.82, 2.24) is 4.90 Å². The molecule has 0 spiro atoms. The Morgan fingerprint density at radius 2 is 1.52 bits per heavy atom. The Labute approximate surface area is 196 Å². The van der Waals surface area contributed by atoms with Gasteiger partial charge >= 0.3 is 12.1 Å². The number of Topliss-reactive ketones (excluding diaryl/α,β-unsaturated/α-hetero) is 1. The molecule has 1 amide bonds. The summed E-state index contributed by atoms with van der Waals surface area (Å²) >= 11 is 5.93. The van der Waals surface area contributed by atoms with E-state index in [4.69, 9.17) is 16.3 Å². The smallest absolute Gasteiger partial charge is 0.410 e. The van der Waals surface area contributed by atoms with Crippen molar-refractivity contribution in [3.05, 3.63) is 95.0 Å². The molecule has 1 unspecified atom stereocenters. The third kappa shape index (κ3) is 5.07. The molecular weight excluding hydrogens is 442 g/mol. The van der Waals surface area contributed by atoms with Gasteiger partial charge in [-0.1, -0.05) is 78.3 Å². The van der Waals surface area contributed by atoms with Gasteiger partial charge in [-0.25, -0.2) is 9.59 Å². The van der Waals surface area contributed by atoms with Crippen LogP contribution in [0.2, 0.25) is 5.02 Å². The molecule has 4 rings (SSSR count). The summed E-state index contributed by atoms with van der Waals surface area (Å²) in [4.78, 5) is 38.9. The number of hydrogen-bond acceptors (Lipinski definition) is 4. The number of halogens is 1. The SMILES string of the molecule is O=C(O)C1[C@@H](C(=O)c2ccc(-c3ccc(Cl)cc3)cc2)CCN1C(=O)OCc1ccccc1. The normalized spacial score (nSPS) is 17.5. The maximum Gasteiger partial charge on any atom is 0.410 e. The van der Waals surface area contributed by atoms with Crippen LogP contribution in [0.5, 0.6) is 0 Å². The molecule has 1 fully saturated rings. The van der Waals surface area contributed by atoms with Crippen LogP contribution in [-0.4, -0.2) is 40.4 Å². The molecule has 1 N–H and O–H groups in total. The summed E-state index contributed by atoms with van der Waals surface area (Å²) in [5.41, 5.74) is 3.07. The Morgan fingerprint density at radius 1 is 0.909 bits per heavy atom. The van der Waals surface area contributed by atoms with Crippen LogP contribution in [0, 0.1) is 5.92 Å². The lowest BCUT2D eigenvalue weighted by Crippen LogP contribution is -2.45. The fourth-order valence-corrected chi connectivity index (χ4v) is 4.19. The van der Waals surface area contributed by atoms with E-state index in [9.17, 15) is 19.5 Å². The van der Waals surface area contributed by atoms with Crippen molar-refractivity contribution >= 4 is 29.4 Å². The number of carbonyl (C=O) groups excluding carboxylic acids is 2. The van der Waals surface area contributed by atoms with Crippen LogP contribution in [0.1, 0.15) is 22.3 Å². The number of ketones is 1. The van der Waals surface area contributed by atoms with Crippen LogP contribution in [0.25, 0.3) is 11.1 Å². The second kappa shape index (κ2) is 9.88. The minimum Gasteiger partial charge on any atom is -0.480 e. The van der Waals surface area contributed by atoms with E-state index in [0.717, 1.165) is 21.6 Å². The van der Waals surface area contributed by atoms with Crippen LogP contribution in [-0.2, 0) is 16.1 Å². The van der Waals surface area contributed by atoms with E-state index in [1.165, 1.54) is 0 Å². The summed E-state index contributed by atoms with van der Waals surface area (Å²) in [5.74, 6) is -2.36. The van der Waals surface area contributed by atoms with Gasteiger partial charge in [0.05, 0.1) is 5.92 Å². The van der Waals surface area contributed by atoms with Crippen LogP contribution < -0.4 is 0 Å². The summed E-state index contributed by atoms with van der Waals surface area (Å²) in [6, 6.07) is 22.2. The first-order valence-corrected chi connectivity index (χ1v) is 10.9. The van der Waals surface area contributed by atoms with Crippen LogP contribution in [0.3, 0.4) is 0 Å². The third-order valence-electron chi connectivity index (χ3n) is 5.77. The molecule has 0 radical (unpaired) electrons. The number of hydrogen-bond donors (Lipinski definition) is 1.